The highest BCUT2D eigenvalue weighted by atomic mass is 16.7. The highest BCUT2D eigenvalue weighted by Gasteiger charge is 2.48. The number of alkyl carbamates (subject to hydrolysis) is 1. The number of ether oxygens (including phenoxy) is 3. The lowest BCUT2D eigenvalue weighted by Gasteiger charge is -2.54. The zero-order chi connectivity index (χ0) is 32.3. The molecule has 0 heterocycles. The minimum Gasteiger partial charge on any atom is -0.444 e. The van der Waals surface area contributed by atoms with Crippen molar-refractivity contribution in [3.05, 3.63) is 28.8 Å². The van der Waals surface area contributed by atoms with Crippen LogP contribution < -0.4 is 20.7 Å². The summed E-state index contributed by atoms with van der Waals surface area (Å²) in [6.45, 7) is 14.7. The van der Waals surface area contributed by atoms with Crippen LogP contribution in [0.5, 0.6) is 5.75 Å². The Morgan fingerprint density at radius 3 is 1.95 bits per heavy atom. The molecule has 2 atom stereocenters. The Labute approximate surface area is 261 Å². The molecule has 1 aromatic carbocycles. The summed E-state index contributed by atoms with van der Waals surface area (Å²) in [6.07, 6.45) is 4.70. The van der Waals surface area contributed by atoms with E-state index < -0.39 is 35.8 Å². The van der Waals surface area contributed by atoms with Gasteiger partial charge in [-0.3, -0.25) is 9.59 Å². The number of hydrogen-bond acceptors (Lipinski definition) is 7. The molecule has 44 heavy (non-hydrogen) atoms. The van der Waals surface area contributed by atoms with Crippen LogP contribution in [0.2, 0.25) is 0 Å². The molecule has 244 valence electrons. The molecule has 4 aliphatic carbocycles. The molecular formula is C34H51N3O7. The molecule has 4 saturated carbocycles. The zero-order valence-corrected chi connectivity index (χ0v) is 27.6. The third-order valence-corrected chi connectivity index (χ3v) is 9.11. The normalized spacial score (nSPS) is 25.2. The molecule has 1 aromatic rings. The first kappa shape index (κ1) is 33.6. The third kappa shape index (κ3) is 8.88. The summed E-state index contributed by atoms with van der Waals surface area (Å²) in [6, 6.07) is 1.77. The van der Waals surface area contributed by atoms with E-state index in [9.17, 15) is 19.2 Å². The SMILES string of the molecule is Cc1cc(OC(=O)OCC(C)C)cc(C)c1CC(NC(=O)OC(C)(C)C)C(=O)N[C@H](C)C(=O)NC1C2CC3CC(C2)CC1C3. The highest BCUT2D eigenvalue weighted by molar-refractivity contribution is 5.91. The second kappa shape index (κ2) is 13.8. The molecule has 3 N–H and O–H groups in total. The van der Waals surface area contributed by atoms with Crippen molar-refractivity contribution in [1.82, 2.24) is 16.0 Å². The number of carbonyl (C=O) groups is 4. The second-order valence-electron chi connectivity index (χ2n) is 14.7. The van der Waals surface area contributed by atoms with Crippen molar-refractivity contribution in [1.29, 1.82) is 0 Å². The molecule has 4 bridgehead atoms. The fourth-order valence-corrected chi connectivity index (χ4v) is 7.39. The number of hydrogen-bond donors (Lipinski definition) is 3. The van der Waals surface area contributed by atoms with Gasteiger partial charge in [0.2, 0.25) is 11.8 Å². The van der Waals surface area contributed by atoms with E-state index in [-0.39, 0.29) is 30.9 Å². The lowest BCUT2D eigenvalue weighted by Crippen LogP contribution is -2.59. The third-order valence-electron chi connectivity index (χ3n) is 9.11. The van der Waals surface area contributed by atoms with E-state index in [2.05, 4.69) is 16.0 Å². The largest absolute Gasteiger partial charge is 0.513 e. The average Bonchev–Trinajstić information content (AvgIpc) is 2.89. The maximum Gasteiger partial charge on any atom is 0.513 e. The van der Waals surface area contributed by atoms with Gasteiger partial charge in [-0.25, -0.2) is 9.59 Å². The molecule has 0 radical (unpaired) electrons. The van der Waals surface area contributed by atoms with Gasteiger partial charge in [0.1, 0.15) is 23.4 Å². The monoisotopic (exact) mass is 613 g/mol. The standard InChI is InChI=1S/C34H51N3O7/c1-18(2)17-42-33(41)43-26-9-19(3)27(20(4)10-26)16-28(36-32(40)44-34(6,7)8)31(39)35-21(5)30(38)37-29-24-12-22-11-23(14-24)15-25(29)13-22/h9-10,18,21-25,28-29H,11-17H2,1-8H3,(H,35,39)(H,36,40)(H,37,38)/t21-,22?,23?,24?,25?,28?,29?/m1/s1. The summed E-state index contributed by atoms with van der Waals surface area (Å²) in [4.78, 5) is 51.8. The van der Waals surface area contributed by atoms with Crippen molar-refractivity contribution < 1.29 is 33.4 Å². The molecule has 0 aliphatic heterocycles. The van der Waals surface area contributed by atoms with E-state index in [1.54, 1.807) is 39.8 Å². The molecule has 5 rings (SSSR count). The van der Waals surface area contributed by atoms with Crippen molar-refractivity contribution in [2.24, 2.45) is 29.6 Å². The van der Waals surface area contributed by atoms with Gasteiger partial charge in [0.25, 0.3) is 0 Å². The summed E-state index contributed by atoms with van der Waals surface area (Å²) in [5, 5.41) is 8.81. The van der Waals surface area contributed by atoms with Crippen LogP contribution >= 0.6 is 0 Å². The van der Waals surface area contributed by atoms with Gasteiger partial charge < -0.3 is 30.2 Å². The Hall–Kier alpha value is -3.30. The van der Waals surface area contributed by atoms with Crippen LogP contribution in [0.15, 0.2) is 12.1 Å². The highest BCUT2D eigenvalue weighted by Crippen LogP contribution is 2.53. The van der Waals surface area contributed by atoms with Gasteiger partial charge in [-0.05, 0) is 132 Å². The van der Waals surface area contributed by atoms with E-state index >= 15 is 0 Å². The quantitative estimate of drug-likeness (QED) is 0.239. The molecule has 3 amide bonds. The van der Waals surface area contributed by atoms with Crippen LogP contribution in [0, 0.1) is 43.4 Å². The summed E-state index contributed by atoms with van der Waals surface area (Å²) in [7, 11) is 0. The molecule has 0 saturated heterocycles. The number of aryl methyl sites for hydroxylation is 2. The Balaban J connectivity index is 1.43. The van der Waals surface area contributed by atoms with Gasteiger partial charge in [-0.15, -0.1) is 0 Å². The van der Waals surface area contributed by atoms with Gasteiger partial charge in [-0.2, -0.15) is 0 Å². The lowest BCUT2D eigenvalue weighted by atomic mass is 9.54. The fraction of sp³-hybridized carbons (Fsp3) is 0.706. The van der Waals surface area contributed by atoms with Crippen molar-refractivity contribution >= 4 is 24.1 Å². The molecule has 0 aromatic heterocycles. The van der Waals surface area contributed by atoms with E-state index in [1.165, 1.54) is 32.1 Å². The average molecular weight is 614 g/mol. The predicted octanol–water partition coefficient (Wildman–Crippen LogP) is 5.36. The number of amides is 3. The molecule has 10 nitrogen and oxygen atoms in total. The topological polar surface area (TPSA) is 132 Å². The minimum absolute atomic E-state index is 0.144. The van der Waals surface area contributed by atoms with Crippen molar-refractivity contribution in [2.75, 3.05) is 6.61 Å². The maximum absolute atomic E-state index is 13.6. The lowest BCUT2D eigenvalue weighted by molar-refractivity contribution is -0.131. The van der Waals surface area contributed by atoms with Crippen LogP contribution in [0.3, 0.4) is 0 Å². The Bertz CT molecular complexity index is 1190. The van der Waals surface area contributed by atoms with Crippen LogP contribution in [0.4, 0.5) is 9.59 Å². The van der Waals surface area contributed by atoms with Crippen LogP contribution in [0.25, 0.3) is 0 Å². The smallest absolute Gasteiger partial charge is 0.444 e. The van der Waals surface area contributed by atoms with Crippen LogP contribution in [-0.2, 0) is 25.5 Å². The van der Waals surface area contributed by atoms with E-state index in [4.69, 9.17) is 14.2 Å². The summed E-state index contributed by atoms with van der Waals surface area (Å²) in [5.41, 5.74) is 1.59. The molecule has 4 fully saturated rings. The Kier molecular flexibility index (Phi) is 10.5. The van der Waals surface area contributed by atoms with E-state index in [1.807, 2.05) is 27.7 Å². The van der Waals surface area contributed by atoms with Crippen molar-refractivity contribution in [3.8, 4) is 5.75 Å². The first-order chi connectivity index (χ1) is 20.6. The zero-order valence-electron chi connectivity index (χ0n) is 27.6. The molecule has 0 spiro atoms. The maximum atomic E-state index is 13.6. The van der Waals surface area contributed by atoms with E-state index in [0.29, 0.717) is 17.6 Å². The number of rotatable bonds is 10. The van der Waals surface area contributed by atoms with Crippen LogP contribution in [-0.4, -0.2) is 54.4 Å². The summed E-state index contributed by atoms with van der Waals surface area (Å²) < 4.78 is 15.9. The van der Waals surface area contributed by atoms with Crippen molar-refractivity contribution in [3.63, 3.8) is 0 Å². The number of nitrogens with one attached hydrogen (secondary N) is 3. The Morgan fingerprint density at radius 2 is 1.43 bits per heavy atom. The summed E-state index contributed by atoms with van der Waals surface area (Å²) >= 11 is 0. The summed E-state index contributed by atoms with van der Waals surface area (Å²) in [5.74, 6) is 2.46. The van der Waals surface area contributed by atoms with E-state index in [0.717, 1.165) is 28.5 Å². The molecule has 4 aliphatic rings. The fourth-order valence-electron chi connectivity index (χ4n) is 7.39. The second-order valence-corrected chi connectivity index (χ2v) is 14.7. The number of benzene rings is 1. The predicted molar refractivity (Wildman–Crippen MR) is 166 cm³/mol. The first-order valence-electron chi connectivity index (χ1n) is 16.1. The van der Waals surface area contributed by atoms with Crippen molar-refractivity contribution in [2.45, 2.75) is 118 Å². The molecule has 1 unspecified atom stereocenters. The molecular weight excluding hydrogens is 562 g/mol. The van der Waals surface area contributed by atoms with Gasteiger partial charge >= 0.3 is 12.2 Å². The first-order valence-corrected chi connectivity index (χ1v) is 16.1. The Morgan fingerprint density at radius 1 is 0.864 bits per heavy atom. The molecule has 10 heteroatoms. The van der Waals surface area contributed by atoms with Gasteiger partial charge in [0.05, 0.1) is 6.61 Å². The number of carbonyl (C=O) groups excluding carboxylic acids is 4. The minimum atomic E-state index is -1.01. The van der Waals surface area contributed by atoms with Gasteiger partial charge in [0, 0.05) is 12.5 Å². The van der Waals surface area contributed by atoms with Gasteiger partial charge in [-0.1, -0.05) is 13.8 Å². The van der Waals surface area contributed by atoms with Crippen LogP contribution in [0.1, 0.15) is 90.3 Å². The van der Waals surface area contributed by atoms with Gasteiger partial charge in [0.15, 0.2) is 0 Å².